The van der Waals surface area contributed by atoms with Crippen molar-refractivity contribution < 1.29 is 27.1 Å². The highest BCUT2D eigenvalue weighted by Crippen LogP contribution is 2.27. The molecule has 1 atom stereocenters. The fraction of sp³-hybridized carbons (Fsp3) is 0.333. The number of rotatable bonds is 12. The van der Waals surface area contributed by atoms with Gasteiger partial charge < -0.3 is 15.0 Å². The number of anilines is 1. The lowest BCUT2D eigenvalue weighted by atomic mass is 10.1. The number of nitrogens with zero attached hydrogens (tertiary/aromatic N) is 2. The third-order valence-electron chi connectivity index (χ3n) is 6.31. The van der Waals surface area contributed by atoms with Crippen LogP contribution in [0.1, 0.15) is 38.3 Å². The molecule has 0 saturated heterocycles. The average Bonchev–Trinajstić information content (AvgIpc) is 2.92. The van der Waals surface area contributed by atoms with E-state index in [0.29, 0.717) is 11.3 Å². The van der Waals surface area contributed by atoms with Gasteiger partial charge in [-0.05, 0) is 69.2 Å². The van der Waals surface area contributed by atoms with Crippen molar-refractivity contribution >= 4 is 27.5 Å². The summed E-state index contributed by atoms with van der Waals surface area (Å²) in [5, 5.41) is 2.84. The molecule has 0 bridgehead atoms. The van der Waals surface area contributed by atoms with Crippen molar-refractivity contribution in [3.05, 3.63) is 89.7 Å². The van der Waals surface area contributed by atoms with Crippen LogP contribution in [0.2, 0.25) is 0 Å². The van der Waals surface area contributed by atoms with Crippen molar-refractivity contribution in [3.8, 4) is 5.75 Å². The van der Waals surface area contributed by atoms with Crippen molar-refractivity contribution in [2.24, 2.45) is 0 Å². The zero-order chi connectivity index (χ0) is 29.4. The lowest BCUT2D eigenvalue weighted by Gasteiger charge is -2.33. The smallest absolute Gasteiger partial charge is 0.264 e. The van der Waals surface area contributed by atoms with Crippen molar-refractivity contribution in [1.29, 1.82) is 0 Å². The van der Waals surface area contributed by atoms with Crippen LogP contribution in [0.15, 0.2) is 77.7 Å². The number of carbonyl (C=O) groups is 2. The normalized spacial score (nSPS) is 12.1. The van der Waals surface area contributed by atoms with Gasteiger partial charge in [0.15, 0.2) is 0 Å². The number of amides is 2. The highest BCUT2D eigenvalue weighted by molar-refractivity contribution is 7.92. The molecule has 0 heterocycles. The van der Waals surface area contributed by atoms with E-state index in [-0.39, 0.29) is 35.5 Å². The molecular formula is C30H36FN3O5S. The molecule has 0 unspecified atom stereocenters. The number of benzene rings is 3. The van der Waals surface area contributed by atoms with Gasteiger partial charge in [0.2, 0.25) is 11.8 Å². The molecule has 0 fully saturated rings. The van der Waals surface area contributed by atoms with Crippen LogP contribution >= 0.6 is 0 Å². The molecule has 0 aromatic heterocycles. The van der Waals surface area contributed by atoms with Gasteiger partial charge in [-0.15, -0.1) is 0 Å². The van der Waals surface area contributed by atoms with E-state index in [4.69, 9.17) is 4.74 Å². The molecule has 3 aromatic carbocycles. The Labute approximate surface area is 235 Å². The topological polar surface area (TPSA) is 96.0 Å². The summed E-state index contributed by atoms with van der Waals surface area (Å²) in [6.07, 6.45) is 0.276. The third-order valence-corrected chi connectivity index (χ3v) is 8.09. The van der Waals surface area contributed by atoms with Gasteiger partial charge in [-0.3, -0.25) is 13.9 Å². The fourth-order valence-electron chi connectivity index (χ4n) is 4.27. The van der Waals surface area contributed by atoms with Gasteiger partial charge in [0, 0.05) is 12.6 Å². The average molecular weight is 570 g/mol. The van der Waals surface area contributed by atoms with Crippen molar-refractivity contribution in [2.75, 3.05) is 18.0 Å². The maximum Gasteiger partial charge on any atom is 0.264 e. The first-order chi connectivity index (χ1) is 19.0. The Morgan fingerprint density at radius 3 is 2.27 bits per heavy atom. The van der Waals surface area contributed by atoms with Crippen LogP contribution in [-0.2, 0) is 26.2 Å². The summed E-state index contributed by atoms with van der Waals surface area (Å²) >= 11 is 0. The Hall–Kier alpha value is -3.92. The van der Waals surface area contributed by atoms with Gasteiger partial charge in [-0.25, -0.2) is 12.8 Å². The molecule has 2 amide bonds. The van der Waals surface area contributed by atoms with Crippen molar-refractivity contribution in [1.82, 2.24) is 10.2 Å². The molecular weight excluding hydrogens is 533 g/mol. The standard InChI is InChI=1S/C30H36FN3O5S/c1-6-27(30(36)32-21(2)3)33(19-23-10-9-11-24(18-23)39-5)29(35)20-34(28-13-8-7-12-26(28)31)40(37,38)25-16-14-22(4)15-17-25/h7-18,21,27H,6,19-20H2,1-5H3,(H,32,36)/t27-/m0/s1. The van der Waals surface area contributed by atoms with Crippen molar-refractivity contribution in [3.63, 3.8) is 0 Å². The van der Waals surface area contributed by atoms with E-state index in [1.807, 2.05) is 20.8 Å². The van der Waals surface area contributed by atoms with E-state index in [9.17, 15) is 18.0 Å². The number of hydrogen-bond acceptors (Lipinski definition) is 5. The van der Waals surface area contributed by atoms with E-state index >= 15 is 4.39 Å². The number of carbonyl (C=O) groups excluding carboxylic acids is 2. The van der Waals surface area contributed by atoms with E-state index in [1.165, 1.54) is 42.3 Å². The zero-order valence-electron chi connectivity index (χ0n) is 23.4. The molecule has 0 saturated carbocycles. The number of ether oxygens (including phenoxy) is 1. The van der Waals surface area contributed by atoms with E-state index < -0.39 is 34.3 Å². The van der Waals surface area contributed by atoms with E-state index in [2.05, 4.69) is 5.32 Å². The highest BCUT2D eigenvalue weighted by atomic mass is 32.2. The molecule has 0 radical (unpaired) electrons. The van der Waals surface area contributed by atoms with Gasteiger partial charge in [0.05, 0.1) is 17.7 Å². The van der Waals surface area contributed by atoms with Crippen LogP contribution in [0.5, 0.6) is 5.75 Å². The number of nitrogens with one attached hydrogen (secondary N) is 1. The van der Waals surface area contributed by atoms with Crippen LogP contribution in [0.4, 0.5) is 10.1 Å². The van der Waals surface area contributed by atoms with Crippen LogP contribution in [0, 0.1) is 12.7 Å². The molecule has 0 spiro atoms. The second kappa shape index (κ2) is 13.4. The number of para-hydroxylation sites is 1. The Kier molecular flexibility index (Phi) is 10.3. The summed E-state index contributed by atoms with van der Waals surface area (Å²) in [5.74, 6) is -1.26. The molecule has 0 aliphatic heterocycles. The fourth-order valence-corrected chi connectivity index (χ4v) is 5.69. The summed E-state index contributed by atoms with van der Waals surface area (Å²) < 4.78 is 48.7. The first kappa shape index (κ1) is 30.6. The molecule has 3 aromatic rings. The Bertz CT molecular complexity index is 1430. The Morgan fingerprint density at radius 1 is 1.00 bits per heavy atom. The van der Waals surface area contributed by atoms with Gasteiger partial charge in [0.25, 0.3) is 10.0 Å². The first-order valence-electron chi connectivity index (χ1n) is 13.0. The zero-order valence-corrected chi connectivity index (χ0v) is 24.2. The maximum absolute atomic E-state index is 15.0. The van der Waals surface area contributed by atoms with E-state index in [1.54, 1.807) is 43.3 Å². The molecule has 0 aliphatic rings. The van der Waals surface area contributed by atoms with Gasteiger partial charge in [-0.2, -0.15) is 0 Å². The second-order valence-electron chi connectivity index (χ2n) is 9.74. The monoisotopic (exact) mass is 569 g/mol. The number of aryl methyl sites for hydroxylation is 1. The SMILES string of the molecule is CC[C@@H](C(=O)NC(C)C)N(Cc1cccc(OC)c1)C(=O)CN(c1ccccc1F)S(=O)(=O)c1ccc(C)cc1. The predicted octanol–water partition coefficient (Wildman–Crippen LogP) is 4.67. The van der Waals surface area contributed by atoms with Crippen LogP contribution in [0.3, 0.4) is 0 Å². The molecule has 0 aliphatic carbocycles. The third kappa shape index (κ3) is 7.38. The van der Waals surface area contributed by atoms with E-state index in [0.717, 1.165) is 15.9 Å². The van der Waals surface area contributed by atoms with Crippen LogP contribution in [-0.4, -0.2) is 50.9 Å². The minimum atomic E-state index is -4.35. The number of hydrogen-bond donors (Lipinski definition) is 1. The number of methoxy groups -OCH3 is 1. The lowest BCUT2D eigenvalue weighted by molar-refractivity contribution is -0.140. The number of sulfonamides is 1. The van der Waals surface area contributed by atoms with Gasteiger partial charge >= 0.3 is 0 Å². The summed E-state index contributed by atoms with van der Waals surface area (Å²) in [6.45, 7) is 6.51. The van der Waals surface area contributed by atoms with Gasteiger partial charge in [0.1, 0.15) is 24.2 Å². The summed E-state index contributed by atoms with van der Waals surface area (Å²) in [7, 11) is -2.83. The molecule has 1 N–H and O–H groups in total. The predicted molar refractivity (Wildman–Crippen MR) is 153 cm³/mol. The molecule has 214 valence electrons. The minimum absolute atomic E-state index is 0.00967. The summed E-state index contributed by atoms with van der Waals surface area (Å²) in [5.41, 5.74) is 1.26. The first-order valence-corrected chi connectivity index (χ1v) is 14.5. The number of halogens is 1. The van der Waals surface area contributed by atoms with Crippen LogP contribution < -0.4 is 14.4 Å². The molecule has 10 heteroatoms. The molecule has 40 heavy (non-hydrogen) atoms. The van der Waals surface area contributed by atoms with Gasteiger partial charge in [-0.1, -0.05) is 48.9 Å². The van der Waals surface area contributed by atoms with Crippen LogP contribution in [0.25, 0.3) is 0 Å². The van der Waals surface area contributed by atoms with Crippen molar-refractivity contribution in [2.45, 2.75) is 57.6 Å². The second-order valence-corrected chi connectivity index (χ2v) is 11.6. The highest BCUT2D eigenvalue weighted by Gasteiger charge is 2.34. The molecule has 3 rings (SSSR count). The summed E-state index contributed by atoms with van der Waals surface area (Å²) in [6, 6.07) is 17.5. The minimum Gasteiger partial charge on any atom is -0.497 e. The Balaban J connectivity index is 2.08. The lowest BCUT2D eigenvalue weighted by Crippen LogP contribution is -2.53. The quantitative estimate of drug-likeness (QED) is 0.342. The molecule has 8 nitrogen and oxygen atoms in total. The maximum atomic E-state index is 15.0. The Morgan fingerprint density at radius 2 is 1.68 bits per heavy atom. The largest absolute Gasteiger partial charge is 0.497 e. The summed E-state index contributed by atoms with van der Waals surface area (Å²) in [4.78, 5) is 28.4.